The number of aromatic carboxylic acids is 1. The third-order valence-electron chi connectivity index (χ3n) is 3.96. The van der Waals surface area contributed by atoms with Crippen LogP contribution in [0.4, 0.5) is 5.69 Å². The molecule has 0 aliphatic rings. The van der Waals surface area contributed by atoms with Gasteiger partial charge in [0, 0.05) is 30.4 Å². The molecule has 0 heterocycles. The van der Waals surface area contributed by atoms with Crippen LogP contribution < -0.4 is 9.64 Å². The van der Waals surface area contributed by atoms with Crippen molar-refractivity contribution in [1.29, 1.82) is 0 Å². The number of carboxylic acid groups (broad SMARTS) is 1. The van der Waals surface area contributed by atoms with Crippen molar-refractivity contribution in [3.63, 3.8) is 0 Å². The van der Waals surface area contributed by atoms with Gasteiger partial charge < -0.3 is 14.7 Å². The Morgan fingerprint density at radius 3 is 2.17 bits per heavy atom. The van der Waals surface area contributed by atoms with Gasteiger partial charge in [0.05, 0.1) is 18.2 Å². The molecule has 0 bridgehead atoms. The lowest BCUT2D eigenvalue weighted by molar-refractivity contribution is 0.0692. The van der Waals surface area contributed by atoms with Crippen molar-refractivity contribution in [2.75, 3.05) is 25.1 Å². The fourth-order valence-corrected chi connectivity index (χ4v) is 2.67. The average Bonchev–Trinajstić information content (AvgIpc) is 2.62. The molecule has 5 nitrogen and oxygen atoms in total. The van der Waals surface area contributed by atoms with E-state index in [-0.39, 0.29) is 16.9 Å². The SMILES string of the molecule is CCN(CC)c1ccc(C(=O)c2ccccc2C(=O)O)c(OC)c1. The van der Waals surface area contributed by atoms with Crippen LogP contribution >= 0.6 is 0 Å². The number of carbonyl (C=O) groups is 2. The third-order valence-corrected chi connectivity index (χ3v) is 3.96. The lowest BCUT2D eigenvalue weighted by Gasteiger charge is -2.22. The summed E-state index contributed by atoms with van der Waals surface area (Å²) >= 11 is 0. The number of benzene rings is 2. The molecule has 2 aromatic carbocycles. The van der Waals surface area contributed by atoms with E-state index in [0.717, 1.165) is 18.8 Å². The molecule has 0 fully saturated rings. The van der Waals surface area contributed by atoms with Crippen molar-refractivity contribution in [1.82, 2.24) is 0 Å². The summed E-state index contributed by atoms with van der Waals surface area (Å²) < 4.78 is 5.37. The minimum atomic E-state index is -1.13. The predicted molar refractivity (Wildman–Crippen MR) is 93.4 cm³/mol. The van der Waals surface area contributed by atoms with Gasteiger partial charge in [-0.15, -0.1) is 0 Å². The highest BCUT2D eigenvalue weighted by atomic mass is 16.5. The molecular formula is C19H21NO4. The van der Waals surface area contributed by atoms with Gasteiger partial charge in [-0.3, -0.25) is 4.79 Å². The number of anilines is 1. The van der Waals surface area contributed by atoms with Crippen LogP contribution in [0.5, 0.6) is 5.75 Å². The Labute approximate surface area is 141 Å². The largest absolute Gasteiger partial charge is 0.496 e. The summed E-state index contributed by atoms with van der Waals surface area (Å²) in [7, 11) is 1.50. The zero-order valence-electron chi connectivity index (χ0n) is 14.1. The van der Waals surface area contributed by atoms with Gasteiger partial charge >= 0.3 is 5.97 Å². The van der Waals surface area contributed by atoms with Gasteiger partial charge in [0.25, 0.3) is 0 Å². The molecule has 0 aliphatic heterocycles. The van der Waals surface area contributed by atoms with Crippen molar-refractivity contribution in [3.8, 4) is 5.75 Å². The Morgan fingerprint density at radius 2 is 1.62 bits per heavy atom. The third kappa shape index (κ3) is 3.40. The summed E-state index contributed by atoms with van der Waals surface area (Å²) in [5.74, 6) is -1.06. The summed E-state index contributed by atoms with van der Waals surface area (Å²) in [4.78, 5) is 26.3. The number of ether oxygens (including phenoxy) is 1. The quantitative estimate of drug-likeness (QED) is 0.789. The number of ketones is 1. The Kier molecular flexibility index (Phi) is 5.58. The van der Waals surface area contributed by atoms with Gasteiger partial charge in [-0.25, -0.2) is 4.79 Å². The second kappa shape index (κ2) is 7.64. The van der Waals surface area contributed by atoms with Gasteiger partial charge in [0.2, 0.25) is 0 Å². The van der Waals surface area contributed by atoms with Crippen LogP contribution in [0.25, 0.3) is 0 Å². The maximum atomic E-state index is 12.8. The first-order valence-electron chi connectivity index (χ1n) is 7.83. The van der Waals surface area contributed by atoms with Crippen LogP contribution in [0.2, 0.25) is 0 Å². The standard InChI is InChI=1S/C19H21NO4/c1-4-20(5-2)13-10-11-16(17(12-13)24-3)18(21)14-8-6-7-9-15(14)19(22)23/h6-12H,4-5H2,1-3H3,(H,22,23). The lowest BCUT2D eigenvalue weighted by Crippen LogP contribution is -2.22. The number of carboxylic acids is 1. The molecule has 0 amide bonds. The zero-order valence-corrected chi connectivity index (χ0v) is 14.1. The highest BCUT2D eigenvalue weighted by Crippen LogP contribution is 2.28. The topological polar surface area (TPSA) is 66.8 Å². The monoisotopic (exact) mass is 327 g/mol. The molecule has 1 N–H and O–H groups in total. The second-order valence-electron chi connectivity index (χ2n) is 5.24. The Hall–Kier alpha value is -2.82. The van der Waals surface area contributed by atoms with Gasteiger partial charge in [0.1, 0.15) is 5.75 Å². The van der Waals surface area contributed by atoms with Crippen LogP contribution in [0.1, 0.15) is 40.1 Å². The molecule has 0 unspecified atom stereocenters. The summed E-state index contributed by atoms with van der Waals surface area (Å²) in [6, 6.07) is 11.5. The molecular weight excluding hydrogens is 306 g/mol. The second-order valence-corrected chi connectivity index (χ2v) is 5.24. The van der Waals surface area contributed by atoms with E-state index in [1.165, 1.54) is 19.2 Å². The highest BCUT2D eigenvalue weighted by molar-refractivity contribution is 6.15. The summed E-state index contributed by atoms with van der Waals surface area (Å²) in [6.45, 7) is 5.79. The molecule has 2 aromatic rings. The number of nitrogens with zero attached hydrogens (tertiary/aromatic N) is 1. The number of hydrogen-bond acceptors (Lipinski definition) is 4. The van der Waals surface area contributed by atoms with Crippen molar-refractivity contribution in [3.05, 3.63) is 59.2 Å². The first-order chi connectivity index (χ1) is 11.5. The van der Waals surface area contributed by atoms with Crippen molar-refractivity contribution in [2.24, 2.45) is 0 Å². The summed E-state index contributed by atoms with van der Waals surface area (Å²) in [5.41, 5.74) is 1.44. The number of hydrogen-bond donors (Lipinski definition) is 1. The normalized spacial score (nSPS) is 10.3. The van der Waals surface area contributed by atoms with Gasteiger partial charge in [-0.1, -0.05) is 18.2 Å². The smallest absolute Gasteiger partial charge is 0.336 e. The summed E-state index contributed by atoms with van der Waals surface area (Å²) in [6.07, 6.45) is 0. The molecule has 2 rings (SSSR count). The zero-order chi connectivity index (χ0) is 17.7. The van der Waals surface area contributed by atoms with Crippen LogP contribution in [0.15, 0.2) is 42.5 Å². The molecule has 24 heavy (non-hydrogen) atoms. The molecule has 5 heteroatoms. The molecule has 0 spiro atoms. The minimum absolute atomic E-state index is 0.0163. The van der Waals surface area contributed by atoms with Gasteiger partial charge in [-0.05, 0) is 32.0 Å². The minimum Gasteiger partial charge on any atom is -0.496 e. The Balaban J connectivity index is 2.49. The van der Waals surface area contributed by atoms with E-state index in [0.29, 0.717) is 11.3 Å². The fourth-order valence-electron chi connectivity index (χ4n) is 2.67. The van der Waals surface area contributed by atoms with Gasteiger partial charge in [-0.2, -0.15) is 0 Å². The molecule has 0 aromatic heterocycles. The highest BCUT2D eigenvalue weighted by Gasteiger charge is 2.21. The average molecular weight is 327 g/mol. The van der Waals surface area contributed by atoms with E-state index in [9.17, 15) is 14.7 Å². The first kappa shape index (κ1) is 17.5. The Morgan fingerprint density at radius 1 is 1.00 bits per heavy atom. The van der Waals surface area contributed by atoms with Gasteiger partial charge in [0.15, 0.2) is 5.78 Å². The molecule has 0 saturated carbocycles. The van der Waals surface area contributed by atoms with E-state index >= 15 is 0 Å². The molecule has 126 valence electrons. The van der Waals surface area contributed by atoms with E-state index < -0.39 is 5.97 Å². The molecule has 0 saturated heterocycles. The van der Waals surface area contributed by atoms with Crippen LogP contribution in [0.3, 0.4) is 0 Å². The summed E-state index contributed by atoms with van der Waals surface area (Å²) in [5, 5.41) is 9.28. The Bertz CT molecular complexity index is 751. The van der Waals surface area contributed by atoms with E-state index in [2.05, 4.69) is 18.7 Å². The fraction of sp³-hybridized carbons (Fsp3) is 0.263. The van der Waals surface area contributed by atoms with Crippen LogP contribution in [-0.2, 0) is 0 Å². The maximum Gasteiger partial charge on any atom is 0.336 e. The predicted octanol–water partition coefficient (Wildman–Crippen LogP) is 3.47. The van der Waals surface area contributed by atoms with Crippen LogP contribution in [0, 0.1) is 0 Å². The molecule has 0 atom stereocenters. The first-order valence-corrected chi connectivity index (χ1v) is 7.83. The van der Waals surface area contributed by atoms with E-state index in [4.69, 9.17) is 4.74 Å². The molecule has 0 radical (unpaired) electrons. The lowest BCUT2D eigenvalue weighted by atomic mass is 9.97. The maximum absolute atomic E-state index is 12.8. The van der Waals surface area contributed by atoms with E-state index in [1.807, 2.05) is 12.1 Å². The number of rotatable bonds is 7. The number of methoxy groups -OCH3 is 1. The van der Waals surface area contributed by atoms with Crippen LogP contribution in [-0.4, -0.2) is 37.1 Å². The van der Waals surface area contributed by atoms with E-state index in [1.54, 1.807) is 18.2 Å². The molecule has 0 aliphatic carbocycles. The van der Waals surface area contributed by atoms with Crippen molar-refractivity contribution in [2.45, 2.75) is 13.8 Å². The van der Waals surface area contributed by atoms with Crippen molar-refractivity contribution >= 4 is 17.4 Å². The number of carbonyl (C=O) groups excluding carboxylic acids is 1. The van der Waals surface area contributed by atoms with Crippen molar-refractivity contribution < 1.29 is 19.4 Å².